The molecule has 158 valence electrons. The average Bonchev–Trinajstić information content (AvgIpc) is 3.24. The molecule has 0 aliphatic heterocycles. The number of rotatable bonds is 12. The first-order valence-electron chi connectivity index (χ1n) is 10.6. The summed E-state index contributed by atoms with van der Waals surface area (Å²) < 4.78 is 0. The minimum absolute atomic E-state index is 0.00963. The van der Waals surface area contributed by atoms with Gasteiger partial charge in [-0.15, -0.1) is 11.3 Å². The molecule has 1 aromatic carbocycles. The summed E-state index contributed by atoms with van der Waals surface area (Å²) in [6, 6.07) is 14.1. The van der Waals surface area contributed by atoms with Crippen molar-refractivity contribution in [2.75, 3.05) is 13.1 Å². The lowest BCUT2D eigenvalue weighted by molar-refractivity contribution is -0.141. The molecule has 0 fully saturated rings. The Kier molecular flexibility index (Phi) is 9.92. The van der Waals surface area contributed by atoms with E-state index in [0.717, 1.165) is 29.7 Å². The van der Waals surface area contributed by atoms with E-state index in [2.05, 4.69) is 26.8 Å². The third-order valence-corrected chi connectivity index (χ3v) is 6.01. The van der Waals surface area contributed by atoms with Crippen LogP contribution in [0.2, 0.25) is 0 Å². The van der Waals surface area contributed by atoms with Crippen molar-refractivity contribution in [2.45, 2.75) is 59.5 Å². The third kappa shape index (κ3) is 8.01. The number of amides is 2. The fourth-order valence-corrected chi connectivity index (χ4v) is 3.86. The molecule has 0 aliphatic carbocycles. The number of hydrogen-bond acceptors (Lipinski definition) is 3. The van der Waals surface area contributed by atoms with E-state index in [9.17, 15) is 9.59 Å². The van der Waals surface area contributed by atoms with Crippen molar-refractivity contribution in [1.29, 1.82) is 0 Å². The quantitative estimate of drug-likeness (QED) is 0.470. The van der Waals surface area contributed by atoms with E-state index in [4.69, 9.17) is 0 Å². The van der Waals surface area contributed by atoms with Crippen molar-refractivity contribution in [2.24, 2.45) is 5.92 Å². The van der Waals surface area contributed by atoms with Crippen molar-refractivity contribution >= 4 is 23.2 Å². The van der Waals surface area contributed by atoms with E-state index >= 15 is 0 Å². The summed E-state index contributed by atoms with van der Waals surface area (Å²) in [5.74, 6) is 0.486. The highest BCUT2D eigenvalue weighted by molar-refractivity contribution is 7.09. The number of benzene rings is 1. The monoisotopic (exact) mass is 414 g/mol. The Morgan fingerprint density at radius 1 is 0.966 bits per heavy atom. The number of carbonyl (C=O) groups is 2. The molecule has 1 aromatic heterocycles. The van der Waals surface area contributed by atoms with E-state index in [0.29, 0.717) is 32.0 Å². The predicted octanol–water partition coefficient (Wildman–Crippen LogP) is 5.34. The molecule has 0 aliphatic rings. The number of unbranched alkanes of at least 4 members (excludes halogenated alkanes) is 1. The van der Waals surface area contributed by atoms with Gasteiger partial charge in [-0.3, -0.25) is 9.59 Å². The second-order valence-electron chi connectivity index (χ2n) is 7.71. The van der Waals surface area contributed by atoms with Gasteiger partial charge in [0.1, 0.15) is 0 Å². The fraction of sp³-hybridized carbons (Fsp3) is 0.500. The van der Waals surface area contributed by atoms with Crippen LogP contribution >= 0.6 is 11.3 Å². The van der Waals surface area contributed by atoms with E-state index in [1.807, 2.05) is 46.7 Å². The topological polar surface area (TPSA) is 40.6 Å². The first-order valence-corrected chi connectivity index (χ1v) is 11.5. The van der Waals surface area contributed by atoms with Crippen LogP contribution < -0.4 is 0 Å². The second kappa shape index (κ2) is 12.4. The molecule has 0 saturated heterocycles. The van der Waals surface area contributed by atoms with E-state index in [1.54, 1.807) is 16.2 Å². The first-order chi connectivity index (χ1) is 14.0. The summed E-state index contributed by atoms with van der Waals surface area (Å²) in [7, 11) is 0. The number of hydrogen-bond donors (Lipinski definition) is 0. The Morgan fingerprint density at radius 2 is 1.72 bits per heavy atom. The summed E-state index contributed by atoms with van der Waals surface area (Å²) >= 11 is 1.66. The molecule has 1 heterocycles. The molecular formula is C24H34N2O2S. The zero-order valence-corrected chi connectivity index (χ0v) is 18.8. The average molecular weight is 415 g/mol. The molecule has 0 unspecified atom stereocenters. The summed E-state index contributed by atoms with van der Waals surface area (Å²) in [5, 5.41) is 2.03. The molecule has 0 radical (unpaired) electrons. The molecule has 29 heavy (non-hydrogen) atoms. The lowest BCUT2D eigenvalue weighted by atomic mass is 10.1. The summed E-state index contributed by atoms with van der Waals surface area (Å²) in [4.78, 5) is 30.8. The molecule has 2 rings (SSSR count). The highest BCUT2D eigenvalue weighted by Crippen LogP contribution is 2.16. The summed E-state index contributed by atoms with van der Waals surface area (Å²) in [5.41, 5.74) is 1.10. The number of thiophene rings is 1. The lowest BCUT2D eigenvalue weighted by Gasteiger charge is -2.29. The van der Waals surface area contributed by atoms with Crippen LogP contribution in [-0.2, 0) is 22.7 Å². The van der Waals surface area contributed by atoms with Crippen molar-refractivity contribution < 1.29 is 9.59 Å². The predicted molar refractivity (Wildman–Crippen MR) is 121 cm³/mol. The van der Waals surface area contributed by atoms with Crippen molar-refractivity contribution in [3.63, 3.8) is 0 Å². The fourth-order valence-electron chi connectivity index (χ4n) is 3.14. The Hall–Kier alpha value is -2.14. The molecule has 4 nitrogen and oxygen atoms in total. The summed E-state index contributed by atoms with van der Waals surface area (Å²) in [6.45, 7) is 8.27. The van der Waals surface area contributed by atoms with Crippen LogP contribution in [-0.4, -0.2) is 34.7 Å². The molecule has 0 spiro atoms. The molecule has 2 amide bonds. The van der Waals surface area contributed by atoms with Crippen LogP contribution in [0.4, 0.5) is 0 Å². The SMILES string of the molecule is CCCCC(=O)N(CC(=O)N(Cc1ccccc1)Cc1cccs1)C[C@@H](C)CC. The van der Waals surface area contributed by atoms with Crippen LogP contribution in [0.5, 0.6) is 0 Å². The second-order valence-corrected chi connectivity index (χ2v) is 8.74. The molecule has 1 atom stereocenters. The number of nitrogens with zero attached hydrogens (tertiary/aromatic N) is 2. The maximum atomic E-state index is 13.3. The van der Waals surface area contributed by atoms with Gasteiger partial charge in [0.2, 0.25) is 11.8 Å². The van der Waals surface area contributed by atoms with Gasteiger partial charge in [-0.25, -0.2) is 0 Å². The van der Waals surface area contributed by atoms with E-state index < -0.39 is 0 Å². The van der Waals surface area contributed by atoms with Gasteiger partial charge in [-0.05, 0) is 29.3 Å². The molecule has 0 N–H and O–H groups in total. The van der Waals surface area contributed by atoms with Gasteiger partial charge in [0, 0.05) is 24.4 Å². The van der Waals surface area contributed by atoms with Gasteiger partial charge in [0.05, 0.1) is 13.1 Å². The Bertz CT molecular complexity index is 731. The van der Waals surface area contributed by atoms with Gasteiger partial charge in [-0.2, -0.15) is 0 Å². The van der Waals surface area contributed by atoms with Crippen molar-refractivity contribution in [3.05, 3.63) is 58.3 Å². The zero-order chi connectivity index (χ0) is 21.1. The highest BCUT2D eigenvalue weighted by atomic mass is 32.1. The first kappa shape index (κ1) is 23.1. The maximum absolute atomic E-state index is 13.3. The van der Waals surface area contributed by atoms with Crippen LogP contribution in [0.25, 0.3) is 0 Å². The third-order valence-electron chi connectivity index (χ3n) is 5.15. The minimum atomic E-state index is 0.00963. The van der Waals surface area contributed by atoms with Crippen LogP contribution in [0.3, 0.4) is 0 Å². The van der Waals surface area contributed by atoms with Gasteiger partial charge in [0.25, 0.3) is 0 Å². The van der Waals surface area contributed by atoms with Gasteiger partial charge in [0.15, 0.2) is 0 Å². The largest absolute Gasteiger partial charge is 0.333 e. The van der Waals surface area contributed by atoms with Crippen LogP contribution in [0, 0.1) is 5.92 Å². The Morgan fingerprint density at radius 3 is 2.34 bits per heavy atom. The minimum Gasteiger partial charge on any atom is -0.333 e. The van der Waals surface area contributed by atoms with E-state index in [-0.39, 0.29) is 18.4 Å². The molecule has 0 saturated carbocycles. The molecule has 2 aromatic rings. The number of carbonyl (C=O) groups excluding carboxylic acids is 2. The van der Waals surface area contributed by atoms with Gasteiger partial charge < -0.3 is 9.80 Å². The molecular weight excluding hydrogens is 380 g/mol. The van der Waals surface area contributed by atoms with Gasteiger partial charge in [-0.1, -0.05) is 70.0 Å². The van der Waals surface area contributed by atoms with Gasteiger partial charge >= 0.3 is 0 Å². The smallest absolute Gasteiger partial charge is 0.242 e. The molecule has 0 bridgehead atoms. The summed E-state index contributed by atoms with van der Waals surface area (Å²) in [6.07, 6.45) is 3.36. The normalized spacial score (nSPS) is 11.8. The maximum Gasteiger partial charge on any atom is 0.242 e. The van der Waals surface area contributed by atoms with Crippen LogP contribution in [0.1, 0.15) is 56.9 Å². The lowest BCUT2D eigenvalue weighted by Crippen LogP contribution is -2.44. The molecule has 5 heteroatoms. The van der Waals surface area contributed by atoms with Crippen molar-refractivity contribution in [1.82, 2.24) is 9.80 Å². The van der Waals surface area contributed by atoms with E-state index in [1.165, 1.54) is 0 Å². The highest BCUT2D eigenvalue weighted by Gasteiger charge is 2.23. The Labute approximate surface area is 179 Å². The standard InChI is InChI=1S/C24H34N2O2S/c1-4-6-14-23(27)25(16-20(3)5-2)19-24(28)26(18-22-13-10-15-29-22)17-21-11-8-7-9-12-21/h7-13,15,20H,4-6,14,16-19H2,1-3H3/t20-/m0/s1. The van der Waals surface area contributed by atoms with Crippen LogP contribution in [0.15, 0.2) is 47.8 Å². The zero-order valence-electron chi connectivity index (χ0n) is 18.0. The Balaban J connectivity index is 2.13. The van der Waals surface area contributed by atoms with Crippen molar-refractivity contribution in [3.8, 4) is 0 Å².